The van der Waals surface area contributed by atoms with Gasteiger partial charge in [-0.25, -0.2) is 0 Å². The summed E-state index contributed by atoms with van der Waals surface area (Å²) >= 11 is 0. The third-order valence-corrected chi connectivity index (χ3v) is 1.63. The lowest BCUT2D eigenvalue weighted by atomic mass is 10.2. The maximum atomic E-state index is 10.4. The number of carbonyl (C=O) groups excluding carboxylic acids is 1. The van der Waals surface area contributed by atoms with Gasteiger partial charge in [0.15, 0.2) is 0 Å². The smallest absolute Gasteiger partial charge is 0.150 e. The maximum absolute atomic E-state index is 10.4. The summed E-state index contributed by atoms with van der Waals surface area (Å²) in [5, 5.41) is 2.94. The number of hydrogen-bond acceptors (Lipinski definition) is 3. The zero-order chi connectivity index (χ0) is 8.97. The van der Waals surface area contributed by atoms with E-state index in [1.165, 1.54) is 0 Å². The number of hydrogen-bond donors (Lipinski definition) is 1. The van der Waals surface area contributed by atoms with Gasteiger partial charge in [0.2, 0.25) is 0 Å². The molecule has 64 valence electrons. The molecule has 0 heterocycles. The van der Waals surface area contributed by atoms with Gasteiger partial charge in [0.05, 0.1) is 12.8 Å². The van der Waals surface area contributed by atoms with Gasteiger partial charge >= 0.3 is 0 Å². The van der Waals surface area contributed by atoms with Crippen LogP contribution in [0.2, 0.25) is 0 Å². The second-order valence-electron chi connectivity index (χ2n) is 2.33. The minimum atomic E-state index is 0.639. The molecule has 0 aliphatic rings. The predicted octanol–water partition coefficient (Wildman–Crippen LogP) is 1.55. The number of aldehydes is 1. The van der Waals surface area contributed by atoms with Crippen LogP contribution in [0, 0.1) is 0 Å². The summed E-state index contributed by atoms with van der Waals surface area (Å²) in [6.07, 6.45) is 0.806. The lowest BCUT2D eigenvalue weighted by molar-refractivity contribution is 0.112. The number of nitrogens with one attached hydrogen (secondary N) is 1. The van der Waals surface area contributed by atoms with Crippen molar-refractivity contribution in [2.45, 2.75) is 0 Å². The average molecular weight is 165 g/mol. The third kappa shape index (κ3) is 1.56. The molecular formula is C9H11NO2. The summed E-state index contributed by atoms with van der Waals surface area (Å²) in [6.45, 7) is 0. The van der Waals surface area contributed by atoms with E-state index < -0.39 is 0 Å². The monoisotopic (exact) mass is 165 g/mol. The fourth-order valence-electron chi connectivity index (χ4n) is 0.994. The Bertz CT molecular complexity index is 284. The second-order valence-corrected chi connectivity index (χ2v) is 2.33. The van der Waals surface area contributed by atoms with Gasteiger partial charge in [-0.2, -0.15) is 0 Å². The van der Waals surface area contributed by atoms with Crippen LogP contribution in [-0.2, 0) is 0 Å². The first-order valence-electron chi connectivity index (χ1n) is 3.62. The first-order valence-corrected chi connectivity index (χ1v) is 3.62. The Labute approximate surface area is 71.4 Å². The second kappa shape index (κ2) is 3.76. The number of anilines is 1. The lowest BCUT2D eigenvalue weighted by Gasteiger charge is -2.07. The number of ether oxygens (including phenoxy) is 1. The van der Waals surface area contributed by atoms with E-state index in [0.717, 1.165) is 17.7 Å². The number of methoxy groups -OCH3 is 1. The highest BCUT2D eigenvalue weighted by atomic mass is 16.5. The van der Waals surface area contributed by atoms with Gasteiger partial charge in [-0.1, -0.05) is 0 Å². The van der Waals surface area contributed by atoms with Gasteiger partial charge in [-0.3, -0.25) is 4.79 Å². The van der Waals surface area contributed by atoms with Crippen LogP contribution in [0.15, 0.2) is 18.2 Å². The van der Waals surface area contributed by atoms with E-state index in [9.17, 15) is 4.79 Å². The zero-order valence-corrected chi connectivity index (χ0v) is 7.13. The molecule has 0 fully saturated rings. The SMILES string of the molecule is CNc1cc(C=O)ccc1OC. The number of carbonyl (C=O) groups is 1. The molecule has 0 atom stereocenters. The molecule has 0 spiro atoms. The van der Waals surface area contributed by atoms with E-state index in [2.05, 4.69) is 5.32 Å². The molecule has 0 amide bonds. The predicted molar refractivity (Wildman–Crippen MR) is 47.9 cm³/mol. The molecule has 0 bridgehead atoms. The van der Waals surface area contributed by atoms with Crippen molar-refractivity contribution in [1.29, 1.82) is 0 Å². The van der Waals surface area contributed by atoms with Crippen molar-refractivity contribution in [2.75, 3.05) is 19.5 Å². The molecule has 1 rings (SSSR count). The van der Waals surface area contributed by atoms with Crippen molar-refractivity contribution in [2.24, 2.45) is 0 Å². The first kappa shape index (κ1) is 8.59. The normalized spacial score (nSPS) is 9.17. The molecular weight excluding hydrogens is 154 g/mol. The summed E-state index contributed by atoms with van der Waals surface area (Å²) in [5.41, 5.74) is 1.46. The fraction of sp³-hybridized carbons (Fsp3) is 0.222. The van der Waals surface area contributed by atoms with Crippen LogP contribution in [-0.4, -0.2) is 20.4 Å². The Balaban J connectivity index is 3.10. The van der Waals surface area contributed by atoms with Crippen molar-refractivity contribution < 1.29 is 9.53 Å². The van der Waals surface area contributed by atoms with Gasteiger partial charge < -0.3 is 10.1 Å². The van der Waals surface area contributed by atoms with E-state index in [0.29, 0.717) is 5.56 Å². The summed E-state index contributed by atoms with van der Waals surface area (Å²) in [4.78, 5) is 10.4. The van der Waals surface area contributed by atoms with E-state index >= 15 is 0 Å². The van der Waals surface area contributed by atoms with E-state index in [1.807, 2.05) is 0 Å². The molecule has 3 nitrogen and oxygen atoms in total. The van der Waals surface area contributed by atoms with Gasteiger partial charge in [0.25, 0.3) is 0 Å². The van der Waals surface area contributed by atoms with Gasteiger partial charge in [0.1, 0.15) is 12.0 Å². The van der Waals surface area contributed by atoms with Crippen LogP contribution < -0.4 is 10.1 Å². The van der Waals surface area contributed by atoms with Crippen LogP contribution >= 0.6 is 0 Å². The molecule has 1 aromatic rings. The highest BCUT2D eigenvalue weighted by molar-refractivity contribution is 5.78. The molecule has 0 unspecified atom stereocenters. The van der Waals surface area contributed by atoms with Crippen LogP contribution in [0.5, 0.6) is 5.75 Å². The molecule has 0 saturated carbocycles. The summed E-state index contributed by atoms with van der Waals surface area (Å²) < 4.78 is 5.06. The Morgan fingerprint density at radius 1 is 1.50 bits per heavy atom. The third-order valence-electron chi connectivity index (χ3n) is 1.63. The van der Waals surface area contributed by atoms with Gasteiger partial charge in [0, 0.05) is 12.6 Å². The molecule has 12 heavy (non-hydrogen) atoms. The van der Waals surface area contributed by atoms with E-state index in [-0.39, 0.29) is 0 Å². The van der Waals surface area contributed by atoms with Crippen LogP contribution in [0.4, 0.5) is 5.69 Å². The molecule has 3 heteroatoms. The Hall–Kier alpha value is -1.51. The molecule has 0 saturated heterocycles. The largest absolute Gasteiger partial charge is 0.495 e. The number of rotatable bonds is 3. The summed E-state index contributed by atoms with van der Waals surface area (Å²) in [5.74, 6) is 0.739. The molecule has 1 aromatic carbocycles. The average Bonchev–Trinajstić information content (AvgIpc) is 2.16. The van der Waals surface area contributed by atoms with Crippen LogP contribution in [0.1, 0.15) is 10.4 Å². The highest BCUT2D eigenvalue weighted by Gasteiger charge is 2.00. The van der Waals surface area contributed by atoms with Gasteiger partial charge in [-0.15, -0.1) is 0 Å². The van der Waals surface area contributed by atoms with E-state index in [1.54, 1.807) is 32.4 Å². The minimum Gasteiger partial charge on any atom is -0.495 e. The van der Waals surface area contributed by atoms with Crippen molar-refractivity contribution in [3.8, 4) is 5.75 Å². The Morgan fingerprint density at radius 2 is 2.25 bits per heavy atom. The van der Waals surface area contributed by atoms with Crippen LogP contribution in [0.3, 0.4) is 0 Å². The maximum Gasteiger partial charge on any atom is 0.150 e. The molecule has 0 aliphatic carbocycles. The lowest BCUT2D eigenvalue weighted by Crippen LogP contribution is -1.94. The van der Waals surface area contributed by atoms with Crippen molar-refractivity contribution >= 4 is 12.0 Å². The molecule has 0 radical (unpaired) electrons. The van der Waals surface area contributed by atoms with E-state index in [4.69, 9.17) is 4.74 Å². The van der Waals surface area contributed by atoms with Gasteiger partial charge in [-0.05, 0) is 18.2 Å². The van der Waals surface area contributed by atoms with Crippen molar-refractivity contribution in [1.82, 2.24) is 0 Å². The summed E-state index contributed by atoms with van der Waals surface area (Å²) in [7, 11) is 3.38. The van der Waals surface area contributed by atoms with Crippen molar-refractivity contribution in [3.05, 3.63) is 23.8 Å². The minimum absolute atomic E-state index is 0.639. The standard InChI is InChI=1S/C9H11NO2/c1-10-8-5-7(6-11)3-4-9(8)12-2/h3-6,10H,1-2H3. The zero-order valence-electron chi connectivity index (χ0n) is 7.13. The fourth-order valence-corrected chi connectivity index (χ4v) is 0.994. The quantitative estimate of drug-likeness (QED) is 0.690. The highest BCUT2D eigenvalue weighted by Crippen LogP contribution is 2.23. The van der Waals surface area contributed by atoms with Crippen molar-refractivity contribution in [3.63, 3.8) is 0 Å². The van der Waals surface area contributed by atoms with Crippen LogP contribution in [0.25, 0.3) is 0 Å². The topological polar surface area (TPSA) is 38.3 Å². The Kier molecular flexibility index (Phi) is 2.69. The first-order chi connectivity index (χ1) is 5.81. The Morgan fingerprint density at radius 3 is 2.75 bits per heavy atom. The molecule has 0 aliphatic heterocycles. The molecule has 0 aromatic heterocycles. The summed E-state index contributed by atoms with van der Waals surface area (Å²) in [6, 6.07) is 5.22. The molecule has 1 N–H and O–H groups in total. The number of benzene rings is 1.